The molecule has 8 nitrogen and oxygen atoms in total. The van der Waals surface area contributed by atoms with E-state index in [2.05, 4.69) is 27.3 Å². The third-order valence-corrected chi connectivity index (χ3v) is 8.19. The van der Waals surface area contributed by atoms with Crippen LogP contribution >= 0.6 is 0 Å². The number of nitrogens with one attached hydrogen (secondary N) is 1. The highest BCUT2D eigenvalue weighted by molar-refractivity contribution is 5.80. The number of hydrogen-bond acceptors (Lipinski definition) is 8. The molecule has 0 spiro atoms. The van der Waals surface area contributed by atoms with Crippen molar-refractivity contribution in [3.63, 3.8) is 0 Å². The van der Waals surface area contributed by atoms with Crippen LogP contribution in [0, 0.1) is 0 Å². The Labute approximate surface area is 220 Å². The molecule has 1 aromatic heterocycles. The molecule has 2 saturated carbocycles. The summed E-state index contributed by atoms with van der Waals surface area (Å²) in [5.41, 5.74) is 3.70. The van der Waals surface area contributed by atoms with Gasteiger partial charge < -0.3 is 15.0 Å². The van der Waals surface area contributed by atoms with Crippen molar-refractivity contribution < 1.29 is 23.1 Å². The van der Waals surface area contributed by atoms with Crippen LogP contribution in [-0.4, -0.2) is 77.4 Å². The standard InChI is InChI=1S/C27H35F3N6O2/c28-27(29,30)18-34(20-3-4-20)21-5-7-22(8-6-21)36(37)35-17-19-2-1-11-31-26(19)32-24-10-9-23(16-25(24)35)33-12-14-38-15-13-33/h1-2,9-11,16,20-22,37H,3-8,12-15,17-18H2,(H,31,32). The van der Waals surface area contributed by atoms with Crippen LogP contribution in [0.4, 0.5) is 36.1 Å². The minimum Gasteiger partial charge on any atom is -0.378 e. The number of pyridine rings is 1. The Balaban J connectivity index is 1.23. The highest BCUT2D eigenvalue weighted by Gasteiger charge is 2.43. The summed E-state index contributed by atoms with van der Waals surface area (Å²) in [6.45, 7) is 2.54. The zero-order chi connectivity index (χ0) is 26.3. The van der Waals surface area contributed by atoms with E-state index >= 15 is 0 Å². The second kappa shape index (κ2) is 10.5. The molecule has 1 aromatic carbocycles. The number of aromatic nitrogens is 1. The molecule has 0 radical (unpaired) electrons. The quantitative estimate of drug-likeness (QED) is 0.508. The van der Waals surface area contributed by atoms with Crippen molar-refractivity contribution in [2.24, 2.45) is 0 Å². The second-order valence-corrected chi connectivity index (χ2v) is 10.8. The molecular weight excluding hydrogens is 497 g/mol. The van der Waals surface area contributed by atoms with Crippen molar-refractivity contribution in [2.45, 2.75) is 69.4 Å². The van der Waals surface area contributed by atoms with Crippen molar-refractivity contribution >= 4 is 22.9 Å². The number of fused-ring (bicyclic) bond motifs is 2. The molecular formula is C27H35F3N6O2. The first kappa shape index (κ1) is 25.7. The number of alkyl halides is 3. The molecule has 2 N–H and O–H groups in total. The predicted molar refractivity (Wildman–Crippen MR) is 139 cm³/mol. The van der Waals surface area contributed by atoms with Gasteiger partial charge in [-0.1, -0.05) is 11.2 Å². The summed E-state index contributed by atoms with van der Waals surface area (Å²) in [6, 6.07) is 9.83. The molecule has 0 unspecified atom stereocenters. The van der Waals surface area contributed by atoms with Crippen LogP contribution in [0.25, 0.3) is 0 Å². The number of hydroxylamine groups is 1. The van der Waals surface area contributed by atoms with Gasteiger partial charge in [-0.15, -0.1) is 0 Å². The molecule has 11 heteroatoms. The molecule has 6 rings (SSSR count). The number of hydrazine groups is 1. The minimum atomic E-state index is -4.19. The van der Waals surface area contributed by atoms with Crippen LogP contribution < -0.4 is 15.2 Å². The molecule has 2 aliphatic carbocycles. The molecule has 2 aliphatic heterocycles. The van der Waals surface area contributed by atoms with Gasteiger partial charge in [-0.25, -0.2) is 4.98 Å². The SMILES string of the molecule is ON(C1CCC(N(CC(F)(F)F)C2CC2)CC1)N1Cc2cccnc2Nc2ccc(N3CCOCC3)cc21. The molecule has 206 valence electrons. The van der Waals surface area contributed by atoms with Crippen molar-refractivity contribution in [1.29, 1.82) is 0 Å². The number of hydrogen-bond donors (Lipinski definition) is 2. The minimum absolute atomic E-state index is 0.0505. The Bertz CT molecular complexity index is 1120. The Morgan fingerprint density at radius 2 is 1.68 bits per heavy atom. The third-order valence-electron chi connectivity index (χ3n) is 8.19. The van der Waals surface area contributed by atoms with Gasteiger partial charge in [0.1, 0.15) is 5.82 Å². The number of halogens is 3. The van der Waals surface area contributed by atoms with Crippen LogP contribution in [0.2, 0.25) is 0 Å². The van der Waals surface area contributed by atoms with Gasteiger partial charge in [0.05, 0.1) is 43.7 Å². The lowest BCUT2D eigenvalue weighted by molar-refractivity contribution is -0.164. The highest BCUT2D eigenvalue weighted by Crippen LogP contribution is 2.41. The first-order valence-electron chi connectivity index (χ1n) is 13.6. The van der Waals surface area contributed by atoms with Crippen LogP contribution in [-0.2, 0) is 11.3 Å². The van der Waals surface area contributed by atoms with Crippen LogP contribution in [0.3, 0.4) is 0 Å². The van der Waals surface area contributed by atoms with Crippen LogP contribution in [0.1, 0.15) is 44.1 Å². The first-order valence-corrected chi connectivity index (χ1v) is 13.6. The number of nitrogens with zero attached hydrogens (tertiary/aromatic N) is 5. The molecule has 3 fully saturated rings. The molecule has 0 atom stereocenters. The lowest BCUT2D eigenvalue weighted by atomic mass is 9.90. The molecule has 38 heavy (non-hydrogen) atoms. The summed E-state index contributed by atoms with van der Waals surface area (Å²) in [5.74, 6) is 0.750. The summed E-state index contributed by atoms with van der Waals surface area (Å²) in [4.78, 5) is 8.46. The maximum atomic E-state index is 13.2. The van der Waals surface area contributed by atoms with Crippen molar-refractivity contribution in [1.82, 2.24) is 15.1 Å². The van der Waals surface area contributed by atoms with E-state index in [-0.39, 0.29) is 18.1 Å². The van der Waals surface area contributed by atoms with Gasteiger partial charge >= 0.3 is 6.18 Å². The van der Waals surface area contributed by atoms with Crippen LogP contribution in [0.5, 0.6) is 0 Å². The Hall–Kier alpha value is -2.60. The molecule has 4 aliphatic rings. The number of morpholine rings is 1. The highest BCUT2D eigenvalue weighted by atomic mass is 19.4. The largest absolute Gasteiger partial charge is 0.401 e. The van der Waals surface area contributed by atoms with E-state index in [4.69, 9.17) is 4.74 Å². The van der Waals surface area contributed by atoms with E-state index in [1.165, 1.54) is 5.17 Å². The summed E-state index contributed by atoms with van der Waals surface area (Å²) in [7, 11) is 0. The van der Waals surface area contributed by atoms with E-state index in [1.54, 1.807) is 11.1 Å². The molecule has 0 amide bonds. The topological polar surface area (TPSA) is 67.3 Å². The van der Waals surface area contributed by atoms with E-state index < -0.39 is 12.7 Å². The lowest BCUT2D eigenvalue weighted by Crippen LogP contribution is -2.51. The Morgan fingerprint density at radius 3 is 2.37 bits per heavy atom. The third kappa shape index (κ3) is 5.56. The van der Waals surface area contributed by atoms with Gasteiger partial charge in [0.25, 0.3) is 0 Å². The number of rotatable bonds is 6. The fourth-order valence-corrected chi connectivity index (χ4v) is 6.08. The maximum absolute atomic E-state index is 13.2. The van der Waals surface area contributed by atoms with Gasteiger partial charge in [-0.3, -0.25) is 15.1 Å². The van der Waals surface area contributed by atoms with Crippen LogP contribution in [0.15, 0.2) is 36.5 Å². The lowest BCUT2D eigenvalue weighted by Gasteiger charge is -2.42. The first-order chi connectivity index (χ1) is 18.4. The molecule has 1 saturated heterocycles. The average molecular weight is 533 g/mol. The van der Waals surface area contributed by atoms with E-state index in [9.17, 15) is 18.4 Å². The summed E-state index contributed by atoms with van der Waals surface area (Å²) >= 11 is 0. The smallest absolute Gasteiger partial charge is 0.378 e. The summed E-state index contributed by atoms with van der Waals surface area (Å²) in [5, 5.41) is 18.3. The molecule has 0 bridgehead atoms. The second-order valence-electron chi connectivity index (χ2n) is 10.8. The summed E-state index contributed by atoms with van der Waals surface area (Å²) < 4.78 is 45.3. The van der Waals surface area contributed by atoms with E-state index in [0.717, 1.165) is 54.4 Å². The van der Waals surface area contributed by atoms with E-state index in [1.807, 2.05) is 23.2 Å². The number of benzene rings is 1. The predicted octanol–water partition coefficient (Wildman–Crippen LogP) is 4.93. The van der Waals surface area contributed by atoms with Crippen molar-refractivity contribution in [3.8, 4) is 0 Å². The fraction of sp³-hybridized carbons (Fsp3) is 0.593. The summed E-state index contributed by atoms with van der Waals surface area (Å²) in [6.07, 6.45) is 1.78. The molecule has 3 heterocycles. The molecule has 2 aromatic rings. The van der Waals surface area contributed by atoms with E-state index in [0.29, 0.717) is 45.4 Å². The number of ether oxygens (including phenoxy) is 1. The Kier molecular flexibility index (Phi) is 7.10. The van der Waals surface area contributed by atoms with Gasteiger partial charge in [0.15, 0.2) is 0 Å². The van der Waals surface area contributed by atoms with Gasteiger partial charge in [-0.2, -0.15) is 13.2 Å². The zero-order valence-electron chi connectivity index (χ0n) is 21.4. The maximum Gasteiger partial charge on any atom is 0.401 e. The average Bonchev–Trinajstić information content (AvgIpc) is 3.78. The van der Waals surface area contributed by atoms with Gasteiger partial charge in [0.2, 0.25) is 0 Å². The Morgan fingerprint density at radius 1 is 1.00 bits per heavy atom. The number of anilines is 4. The fourth-order valence-electron chi connectivity index (χ4n) is 6.08. The van der Waals surface area contributed by atoms with Crippen molar-refractivity contribution in [2.75, 3.05) is 48.1 Å². The van der Waals surface area contributed by atoms with Gasteiger partial charge in [0, 0.05) is 42.6 Å². The zero-order valence-corrected chi connectivity index (χ0v) is 21.4. The van der Waals surface area contributed by atoms with Crippen molar-refractivity contribution in [3.05, 3.63) is 42.1 Å². The monoisotopic (exact) mass is 532 g/mol. The normalized spacial score (nSPS) is 24.2. The van der Waals surface area contributed by atoms with Gasteiger partial charge in [-0.05, 0) is 62.8 Å².